The normalized spacial score (nSPS) is 10.1. The van der Waals surface area contributed by atoms with Gasteiger partial charge in [-0.1, -0.05) is 19.1 Å². The monoisotopic (exact) mass is 252 g/mol. The number of carbonyl (C=O) groups excluding carboxylic acids is 1. The molecule has 0 aliphatic heterocycles. The third-order valence-corrected chi connectivity index (χ3v) is 2.29. The molecule has 0 atom stereocenters. The van der Waals surface area contributed by atoms with Gasteiger partial charge >= 0.3 is 0 Å². The number of hydrogen-bond donors (Lipinski definition) is 2. The number of methoxy groups -OCH3 is 1. The van der Waals surface area contributed by atoms with Gasteiger partial charge in [-0.15, -0.1) is 0 Å². The Morgan fingerprint density at radius 1 is 1.28 bits per heavy atom. The number of nitrogens with one attached hydrogen (secondary N) is 2. The van der Waals surface area contributed by atoms with Gasteiger partial charge in [0.1, 0.15) is 0 Å². The zero-order chi connectivity index (χ0) is 13.2. The van der Waals surface area contributed by atoms with Crippen LogP contribution in [0.2, 0.25) is 0 Å². The number of ether oxygens (including phenoxy) is 1. The van der Waals surface area contributed by atoms with Gasteiger partial charge in [0.25, 0.3) is 5.91 Å². The van der Waals surface area contributed by atoms with Gasteiger partial charge in [-0.05, 0) is 18.6 Å². The maximum absolute atomic E-state index is 11.9. The van der Waals surface area contributed by atoms with E-state index in [1.54, 1.807) is 13.2 Å². The van der Waals surface area contributed by atoms with Crippen molar-refractivity contribution in [2.45, 2.75) is 13.3 Å². The first-order chi connectivity index (χ1) is 8.79. The number of anilines is 1. The first kappa shape index (κ1) is 14.5. The second-order valence-corrected chi connectivity index (χ2v) is 3.74. The van der Waals surface area contributed by atoms with E-state index in [1.807, 2.05) is 18.2 Å². The average Bonchev–Trinajstić information content (AvgIpc) is 2.41. The zero-order valence-corrected chi connectivity index (χ0v) is 10.9. The second kappa shape index (κ2) is 8.49. The van der Waals surface area contributed by atoms with Gasteiger partial charge in [0.05, 0.1) is 18.8 Å². The van der Waals surface area contributed by atoms with Crippen molar-refractivity contribution in [3.8, 4) is 0 Å². The summed E-state index contributed by atoms with van der Waals surface area (Å²) in [5, 5.41) is 3.20. The lowest BCUT2D eigenvalue weighted by Gasteiger charge is -2.11. The van der Waals surface area contributed by atoms with Crippen LogP contribution in [0.3, 0.4) is 0 Å². The predicted molar refractivity (Wildman–Crippen MR) is 70.5 cm³/mol. The first-order valence-electron chi connectivity index (χ1n) is 6.03. The summed E-state index contributed by atoms with van der Waals surface area (Å²) in [6, 6.07) is 7.34. The highest BCUT2D eigenvalue weighted by atomic mass is 16.7. The van der Waals surface area contributed by atoms with Crippen LogP contribution in [0.4, 0.5) is 5.69 Å². The van der Waals surface area contributed by atoms with Crippen molar-refractivity contribution in [3.05, 3.63) is 29.8 Å². The van der Waals surface area contributed by atoms with Gasteiger partial charge in [-0.2, -0.15) is 0 Å². The third-order valence-electron chi connectivity index (χ3n) is 2.29. The van der Waals surface area contributed by atoms with Gasteiger partial charge in [0, 0.05) is 19.3 Å². The Hall–Kier alpha value is -1.59. The molecule has 0 fully saturated rings. The van der Waals surface area contributed by atoms with Crippen LogP contribution in [0.25, 0.3) is 0 Å². The summed E-state index contributed by atoms with van der Waals surface area (Å²) < 4.78 is 4.82. The number of hydrogen-bond acceptors (Lipinski definition) is 4. The molecule has 1 amide bonds. The van der Waals surface area contributed by atoms with E-state index in [1.165, 1.54) is 0 Å². The Bertz CT molecular complexity index is 369. The third kappa shape index (κ3) is 4.73. The van der Waals surface area contributed by atoms with E-state index in [0.717, 1.165) is 18.7 Å². The fourth-order valence-electron chi connectivity index (χ4n) is 1.39. The zero-order valence-electron chi connectivity index (χ0n) is 10.9. The number of benzene rings is 1. The maximum Gasteiger partial charge on any atom is 0.276 e. The van der Waals surface area contributed by atoms with E-state index in [9.17, 15) is 4.79 Å². The van der Waals surface area contributed by atoms with Crippen LogP contribution in [0.5, 0.6) is 0 Å². The minimum Gasteiger partial charge on any atom is -0.384 e. The molecule has 1 aromatic rings. The molecule has 0 saturated heterocycles. The van der Waals surface area contributed by atoms with E-state index >= 15 is 0 Å². The Morgan fingerprint density at radius 3 is 2.78 bits per heavy atom. The van der Waals surface area contributed by atoms with Gasteiger partial charge in [0.2, 0.25) is 0 Å². The van der Waals surface area contributed by atoms with Crippen molar-refractivity contribution in [1.29, 1.82) is 0 Å². The minimum absolute atomic E-state index is 0.259. The molecule has 2 N–H and O–H groups in total. The lowest BCUT2D eigenvalue weighted by Crippen LogP contribution is -2.26. The molecule has 0 unspecified atom stereocenters. The SMILES string of the molecule is CCCNc1ccccc1C(=O)NOCCOC. The maximum atomic E-state index is 11.9. The average molecular weight is 252 g/mol. The van der Waals surface area contributed by atoms with E-state index in [-0.39, 0.29) is 5.91 Å². The number of amides is 1. The van der Waals surface area contributed by atoms with Crippen LogP contribution in [0, 0.1) is 0 Å². The highest BCUT2D eigenvalue weighted by Gasteiger charge is 2.10. The quantitative estimate of drug-likeness (QED) is 0.547. The standard InChI is InChI=1S/C13H20N2O3/c1-3-8-14-12-7-5-4-6-11(12)13(16)15-18-10-9-17-2/h4-7,14H,3,8-10H2,1-2H3,(H,15,16). The number of hydroxylamine groups is 1. The van der Waals surface area contributed by atoms with Crippen LogP contribution in [-0.2, 0) is 9.57 Å². The predicted octanol–water partition coefficient (Wildman–Crippen LogP) is 1.82. The Morgan fingerprint density at radius 2 is 2.06 bits per heavy atom. The summed E-state index contributed by atoms with van der Waals surface area (Å²) in [4.78, 5) is 16.9. The largest absolute Gasteiger partial charge is 0.384 e. The molecule has 18 heavy (non-hydrogen) atoms. The molecule has 0 aliphatic carbocycles. The van der Waals surface area contributed by atoms with E-state index in [2.05, 4.69) is 17.7 Å². The van der Waals surface area contributed by atoms with Gasteiger partial charge in [-0.25, -0.2) is 5.48 Å². The van der Waals surface area contributed by atoms with Crippen LogP contribution in [0.1, 0.15) is 23.7 Å². The van der Waals surface area contributed by atoms with Crippen molar-refractivity contribution < 1.29 is 14.4 Å². The van der Waals surface area contributed by atoms with Crippen molar-refractivity contribution in [1.82, 2.24) is 5.48 Å². The van der Waals surface area contributed by atoms with Crippen LogP contribution in [-0.4, -0.2) is 32.8 Å². The molecule has 0 heterocycles. The van der Waals surface area contributed by atoms with Crippen molar-refractivity contribution in [2.24, 2.45) is 0 Å². The molecule has 1 rings (SSSR count). The molecule has 0 aliphatic rings. The molecule has 0 spiro atoms. The molecule has 100 valence electrons. The number of para-hydroxylation sites is 1. The summed E-state index contributed by atoms with van der Waals surface area (Å²) in [5.41, 5.74) is 3.78. The lowest BCUT2D eigenvalue weighted by molar-refractivity contribution is 0.00894. The fourth-order valence-corrected chi connectivity index (χ4v) is 1.39. The van der Waals surface area contributed by atoms with Gasteiger partial charge in [0.15, 0.2) is 0 Å². The number of rotatable bonds is 8. The fraction of sp³-hybridized carbons (Fsp3) is 0.462. The topological polar surface area (TPSA) is 59.6 Å². The molecular formula is C13H20N2O3. The van der Waals surface area contributed by atoms with E-state index in [0.29, 0.717) is 18.8 Å². The molecule has 0 radical (unpaired) electrons. The van der Waals surface area contributed by atoms with Gasteiger partial charge in [-0.3, -0.25) is 9.63 Å². The van der Waals surface area contributed by atoms with Crippen LogP contribution < -0.4 is 10.8 Å². The molecule has 0 aromatic heterocycles. The highest BCUT2D eigenvalue weighted by Crippen LogP contribution is 2.14. The van der Waals surface area contributed by atoms with E-state index in [4.69, 9.17) is 9.57 Å². The van der Waals surface area contributed by atoms with Crippen LogP contribution >= 0.6 is 0 Å². The molecule has 5 nitrogen and oxygen atoms in total. The van der Waals surface area contributed by atoms with Gasteiger partial charge < -0.3 is 10.1 Å². The van der Waals surface area contributed by atoms with Crippen LogP contribution in [0.15, 0.2) is 24.3 Å². The number of carbonyl (C=O) groups is 1. The van der Waals surface area contributed by atoms with Crippen molar-refractivity contribution in [2.75, 3.05) is 32.2 Å². The lowest BCUT2D eigenvalue weighted by atomic mass is 10.1. The molecule has 1 aromatic carbocycles. The van der Waals surface area contributed by atoms with Crippen molar-refractivity contribution >= 4 is 11.6 Å². The summed E-state index contributed by atoms with van der Waals surface area (Å²) in [6.07, 6.45) is 1.00. The Kier molecular flexibility index (Phi) is 6.83. The Balaban J connectivity index is 2.55. The molecular weight excluding hydrogens is 232 g/mol. The minimum atomic E-state index is -0.259. The summed E-state index contributed by atoms with van der Waals surface area (Å²) in [7, 11) is 1.58. The summed E-state index contributed by atoms with van der Waals surface area (Å²) in [5.74, 6) is -0.259. The molecule has 5 heteroatoms. The first-order valence-corrected chi connectivity index (χ1v) is 6.03. The molecule has 0 saturated carbocycles. The summed E-state index contributed by atoms with van der Waals surface area (Å²) in [6.45, 7) is 3.67. The second-order valence-electron chi connectivity index (χ2n) is 3.74. The molecule has 0 bridgehead atoms. The smallest absolute Gasteiger partial charge is 0.276 e. The van der Waals surface area contributed by atoms with Crippen molar-refractivity contribution in [3.63, 3.8) is 0 Å². The summed E-state index contributed by atoms with van der Waals surface area (Å²) >= 11 is 0. The van der Waals surface area contributed by atoms with E-state index < -0.39 is 0 Å². The Labute approximate surface area is 107 Å². The highest BCUT2D eigenvalue weighted by molar-refractivity contribution is 5.98.